The van der Waals surface area contributed by atoms with Gasteiger partial charge in [0, 0.05) is 47.3 Å². The fourth-order valence-electron chi connectivity index (χ4n) is 2.81. The van der Waals surface area contributed by atoms with Crippen LogP contribution in [0.25, 0.3) is 5.82 Å². The van der Waals surface area contributed by atoms with E-state index >= 15 is 0 Å². The van der Waals surface area contributed by atoms with Crippen molar-refractivity contribution in [2.75, 3.05) is 11.9 Å². The summed E-state index contributed by atoms with van der Waals surface area (Å²) < 4.78 is 1.70. The van der Waals surface area contributed by atoms with E-state index in [9.17, 15) is 4.79 Å². The average Bonchev–Trinajstić information content (AvgIpc) is 3.23. The molecule has 0 atom stereocenters. The lowest BCUT2D eigenvalue weighted by atomic mass is 10.1. The normalized spacial score (nSPS) is 13.6. The molecule has 4 rings (SSSR count). The standard InChI is InChI=1S/C16H15ClN6O/c17-11-3-1-4-12(9-11)19-16(24)22-8-5-14-13(10-22)15(21-20-14)23-7-2-6-18-23/h1-4,6-7,9H,5,8,10H2,(H,19,24)(H,20,21). The molecule has 2 aromatic heterocycles. The van der Waals surface area contributed by atoms with Crippen LogP contribution in [-0.4, -0.2) is 37.5 Å². The molecule has 0 fully saturated rings. The highest BCUT2D eigenvalue weighted by atomic mass is 35.5. The summed E-state index contributed by atoms with van der Waals surface area (Å²) in [5.74, 6) is 0.732. The van der Waals surface area contributed by atoms with Crippen molar-refractivity contribution >= 4 is 23.3 Å². The van der Waals surface area contributed by atoms with E-state index in [1.165, 1.54) is 0 Å². The van der Waals surface area contributed by atoms with Gasteiger partial charge in [0.2, 0.25) is 0 Å². The van der Waals surface area contributed by atoms with Crippen molar-refractivity contribution in [1.82, 2.24) is 24.9 Å². The number of hydrogen-bond acceptors (Lipinski definition) is 3. The molecule has 7 nitrogen and oxygen atoms in total. The molecule has 0 unspecified atom stereocenters. The van der Waals surface area contributed by atoms with Gasteiger partial charge in [-0.15, -0.1) is 0 Å². The Morgan fingerprint density at radius 3 is 3.04 bits per heavy atom. The fraction of sp³-hybridized carbons (Fsp3) is 0.188. The lowest BCUT2D eigenvalue weighted by molar-refractivity contribution is 0.206. The van der Waals surface area contributed by atoms with E-state index in [2.05, 4.69) is 20.6 Å². The maximum absolute atomic E-state index is 12.5. The number of amides is 2. The summed E-state index contributed by atoms with van der Waals surface area (Å²) in [6.45, 7) is 1.10. The Bertz CT molecular complexity index is 873. The first-order valence-corrected chi connectivity index (χ1v) is 7.96. The third-order valence-electron chi connectivity index (χ3n) is 4.00. The van der Waals surface area contributed by atoms with Gasteiger partial charge in [0.25, 0.3) is 0 Å². The first-order chi connectivity index (χ1) is 11.7. The molecule has 2 amide bonds. The number of anilines is 1. The third-order valence-corrected chi connectivity index (χ3v) is 4.23. The van der Waals surface area contributed by atoms with Crippen molar-refractivity contribution in [3.8, 4) is 5.82 Å². The van der Waals surface area contributed by atoms with Crippen LogP contribution in [0.15, 0.2) is 42.7 Å². The van der Waals surface area contributed by atoms with Crippen molar-refractivity contribution in [2.45, 2.75) is 13.0 Å². The summed E-state index contributed by atoms with van der Waals surface area (Å²) in [5, 5.41) is 15.1. The second-order valence-corrected chi connectivity index (χ2v) is 6.00. The predicted molar refractivity (Wildman–Crippen MR) is 90.3 cm³/mol. The average molecular weight is 343 g/mol. The van der Waals surface area contributed by atoms with Crippen molar-refractivity contribution < 1.29 is 4.79 Å². The van der Waals surface area contributed by atoms with Crippen LogP contribution in [0.4, 0.5) is 10.5 Å². The number of H-pyrrole nitrogens is 1. The largest absolute Gasteiger partial charge is 0.322 e. The molecule has 0 spiro atoms. The van der Waals surface area contributed by atoms with Crippen LogP contribution in [0.3, 0.4) is 0 Å². The summed E-state index contributed by atoms with van der Waals surface area (Å²) >= 11 is 5.96. The number of nitrogens with one attached hydrogen (secondary N) is 2. The van der Waals surface area contributed by atoms with E-state index in [1.54, 1.807) is 34.0 Å². The number of urea groups is 1. The number of halogens is 1. The first-order valence-electron chi connectivity index (χ1n) is 7.58. The highest BCUT2D eigenvalue weighted by Crippen LogP contribution is 2.23. The summed E-state index contributed by atoms with van der Waals surface area (Å²) in [6, 6.07) is 8.79. The van der Waals surface area contributed by atoms with Crippen LogP contribution in [0.5, 0.6) is 0 Å². The molecule has 0 bridgehead atoms. The molecule has 0 aliphatic carbocycles. The van der Waals surface area contributed by atoms with Crippen molar-refractivity contribution in [2.24, 2.45) is 0 Å². The second-order valence-electron chi connectivity index (χ2n) is 5.57. The zero-order chi connectivity index (χ0) is 16.5. The summed E-state index contributed by atoms with van der Waals surface area (Å²) in [6.07, 6.45) is 4.27. The maximum atomic E-state index is 12.5. The van der Waals surface area contributed by atoms with E-state index in [4.69, 9.17) is 11.6 Å². The van der Waals surface area contributed by atoms with E-state index in [0.717, 1.165) is 23.5 Å². The van der Waals surface area contributed by atoms with Gasteiger partial charge >= 0.3 is 6.03 Å². The first kappa shape index (κ1) is 14.8. The van der Waals surface area contributed by atoms with Gasteiger partial charge in [-0.25, -0.2) is 9.48 Å². The number of rotatable bonds is 2. The fourth-order valence-corrected chi connectivity index (χ4v) is 3.00. The summed E-state index contributed by atoms with van der Waals surface area (Å²) in [5.41, 5.74) is 2.72. The second kappa shape index (κ2) is 6.01. The summed E-state index contributed by atoms with van der Waals surface area (Å²) in [4.78, 5) is 14.3. The Hall–Kier alpha value is -2.80. The minimum atomic E-state index is -0.157. The number of carbonyl (C=O) groups excluding carboxylic acids is 1. The smallest absolute Gasteiger partial charge is 0.320 e. The predicted octanol–water partition coefficient (Wildman–Crippen LogP) is 2.84. The van der Waals surface area contributed by atoms with E-state index < -0.39 is 0 Å². The number of benzene rings is 1. The minimum absolute atomic E-state index is 0.157. The molecule has 8 heteroatoms. The van der Waals surface area contributed by atoms with E-state index in [-0.39, 0.29) is 6.03 Å². The van der Waals surface area contributed by atoms with Crippen LogP contribution in [-0.2, 0) is 13.0 Å². The monoisotopic (exact) mass is 342 g/mol. The van der Waals surface area contributed by atoms with E-state index in [1.807, 2.05) is 18.3 Å². The van der Waals surface area contributed by atoms with Gasteiger partial charge in [0.15, 0.2) is 5.82 Å². The zero-order valence-electron chi connectivity index (χ0n) is 12.7. The van der Waals surface area contributed by atoms with Crippen molar-refractivity contribution in [3.05, 3.63) is 59.0 Å². The molecule has 1 aromatic carbocycles. The SMILES string of the molecule is O=C(Nc1cccc(Cl)c1)N1CCc2[nH]nc(-n3cccn3)c2C1. The highest BCUT2D eigenvalue weighted by Gasteiger charge is 2.26. The van der Waals surface area contributed by atoms with Gasteiger partial charge in [-0.1, -0.05) is 17.7 Å². The Kier molecular flexibility index (Phi) is 3.70. The number of fused-ring (bicyclic) bond motifs is 1. The van der Waals surface area contributed by atoms with Crippen molar-refractivity contribution in [3.63, 3.8) is 0 Å². The van der Waals surface area contributed by atoms with Crippen molar-refractivity contribution in [1.29, 1.82) is 0 Å². The Morgan fingerprint density at radius 2 is 2.25 bits per heavy atom. The van der Waals surface area contributed by atoms with Gasteiger partial charge in [0.05, 0.1) is 6.54 Å². The molecule has 1 aliphatic heterocycles. The Balaban J connectivity index is 1.53. The van der Waals surface area contributed by atoms with Crippen LogP contribution in [0.1, 0.15) is 11.3 Å². The molecule has 3 heterocycles. The highest BCUT2D eigenvalue weighted by molar-refractivity contribution is 6.30. The molecule has 0 saturated heterocycles. The number of nitrogens with zero attached hydrogens (tertiary/aromatic N) is 4. The number of aromatic amines is 1. The maximum Gasteiger partial charge on any atom is 0.322 e. The lowest BCUT2D eigenvalue weighted by Crippen LogP contribution is -2.39. The molecule has 3 aromatic rings. The zero-order valence-corrected chi connectivity index (χ0v) is 13.5. The number of carbonyl (C=O) groups is 1. The molecular weight excluding hydrogens is 328 g/mol. The summed E-state index contributed by atoms with van der Waals surface area (Å²) in [7, 11) is 0. The minimum Gasteiger partial charge on any atom is -0.320 e. The number of aromatic nitrogens is 4. The van der Waals surface area contributed by atoms with Gasteiger partial charge < -0.3 is 10.2 Å². The van der Waals surface area contributed by atoms with E-state index in [0.29, 0.717) is 23.8 Å². The molecule has 2 N–H and O–H groups in total. The Labute approximate surface area is 143 Å². The van der Waals surface area contributed by atoms with Crippen LogP contribution < -0.4 is 5.32 Å². The molecule has 0 radical (unpaired) electrons. The Morgan fingerprint density at radius 1 is 1.33 bits per heavy atom. The van der Waals surface area contributed by atoms with Crippen LogP contribution in [0, 0.1) is 0 Å². The third kappa shape index (κ3) is 2.74. The number of hydrogen-bond donors (Lipinski definition) is 2. The lowest BCUT2D eigenvalue weighted by Gasteiger charge is -2.27. The van der Waals surface area contributed by atoms with Gasteiger partial charge in [-0.05, 0) is 24.3 Å². The van der Waals surface area contributed by atoms with Crippen LogP contribution >= 0.6 is 11.6 Å². The van der Waals surface area contributed by atoms with Gasteiger partial charge in [0.1, 0.15) is 0 Å². The van der Waals surface area contributed by atoms with Gasteiger partial charge in [-0.3, -0.25) is 5.10 Å². The quantitative estimate of drug-likeness (QED) is 0.751. The molecular formula is C16H15ClN6O. The molecule has 122 valence electrons. The van der Waals surface area contributed by atoms with Gasteiger partial charge in [-0.2, -0.15) is 10.2 Å². The molecule has 0 saturated carbocycles. The van der Waals surface area contributed by atoms with Crippen LogP contribution in [0.2, 0.25) is 5.02 Å². The molecule has 24 heavy (non-hydrogen) atoms. The topological polar surface area (TPSA) is 78.8 Å². The molecule has 1 aliphatic rings.